The largest absolute Gasteiger partial charge is 0.462 e. The van der Waals surface area contributed by atoms with E-state index in [0.717, 1.165) is 52.6 Å². The molecule has 0 saturated carbocycles. The van der Waals surface area contributed by atoms with Crippen LogP contribution in [0.4, 0.5) is 0 Å². The summed E-state index contributed by atoms with van der Waals surface area (Å²) in [5.74, 6) is -3.35. The summed E-state index contributed by atoms with van der Waals surface area (Å²) < 4.78 is 44.5. The van der Waals surface area contributed by atoms with E-state index in [1.807, 2.05) is 161 Å². The Morgan fingerprint density at radius 2 is 0.496 bits per heavy atom. The predicted molar refractivity (Wildman–Crippen MR) is 448 cm³/mol. The van der Waals surface area contributed by atoms with Gasteiger partial charge in [-0.1, -0.05) is 228 Å². The Labute approximate surface area is 680 Å². The lowest BCUT2D eigenvalue weighted by Gasteiger charge is -2.26. The zero-order valence-electron chi connectivity index (χ0n) is 69.2. The van der Waals surface area contributed by atoms with Crippen LogP contribution in [0.3, 0.4) is 0 Å². The fourth-order valence-electron chi connectivity index (χ4n) is 11.6. The Morgan fingerprint density at radius 3 is 0.717 bits per heavy atom. The van der Waals surface area contributed by atoms with Crippen molar-refractivity contribution in [2.24, 2.45) is 23.7 Å². The molecule has 606 valence electrons. The third-order valence-corrected chi connectivity index (χ3v) is 19.6. The van der Waals surface area contributed by atoms with Gasteiger partial charge in [0.15, 0.2) is 0 Å². The SMILES string of the molecule is CCC(OC(=O)c1ccc(C(C)(C)C)cc1)C(C)COC(=O)c1ccc(C(C)(C)C)cc1.CCC(OC(=O)c1ccc(C)cc1)C(C)COC(=O)c1ccc(C)cc1.CCC(OC(=O)c1ccc(Cl)cc1)C(C)COC(=O)c1ccc(Cl)cc1.CCCCC(COC(=O)c1ccc(C)cc1)C(CC)OC(=O)c1ccc(C)cc1. The van der Waals surface area contributed by atoms with Crippen LogP contribution in [0.25, 0.3) is 0 Å². The topological polar surface area (TPSA) is 210 Å². The minimum atomic E-state index is -0.438. The quantitative estimate of drug-likeness (QED) is 0.0292. The molecule has 0 radical (unpaired) electrons. The van der Waals surface area contributed by atoms with E-state index in [9.17, 15) is 38.4 Å². The zero-order valence-corrected chi connectivity index (χ0v) is 70.7. The van der Waals surface area contributed by atoms with Crippen LogP contribution in [0.1, 0.15) is 258 Å². The van der Waals surface area contributed by atoms with Gasteiger partial charge in [0.2, 0.25) is 0 Å². The van der Waals surface area contributed by atoms with E-state index in [1.54, 1.807) is 109 Å². The van der Waals surface area contributed by atoms with Gasteiger partial charge in [0.05, 0.1) is 70.9 Å². The number of hydrogen-bond acceptors (Lipinski definition) is 16. The first-order valence-electron chi connectivity index (χ1n) is 39.1. The van der Waals surface area contributed by atoms with E-state index in [-0.39, 0.29) is 121 Å². The van der Waals surface area contributed by atoms with Crippen molar-refractivity contribution in [2.45, 2.75) is 205 Å². The third-order valence-electron chi connectivity index (χ3n) is 19.1. The van der Waals surface area contributed by atoms with Crippen molar-refractivity contribution in [1.82, 2.24) is 0 Å². The number of halogens is 2. The standard InChI is InChI=1S/C28H38O4.C25H32O4.C22H26O4.C20H20Cl2O4/c1-9-24(32-26(30)21-12-16-23(17-13-21)28(6,7)8)19(2)18-31-25(29)20-10-14-22(15-11-20)27(3,4)5;1-5-7-8-22(17-28-24(26)20-13-9-18(3)10-14-20)23(6-2)29-25(27)21-15-11-19(4)12-16-21;1-5-20(26-22(24)19-12-8-16(3)9-13-19)17(4)14-25-21(23)18-10-6-15(2)7-11-18;1-3-18(26-20(24)15-6-10-17(22)11-7-15)13(2)12-25-19(23)14-4-8-16(21)9-5-14/h10-17,19,24H,9,18H2,1-8H3;9-16,22-23H,5-8,17H2,1-4H3;6-13,17,20H,5,14H2,1-4H3;4-11,13,18H,3,12H2,1-2H3. The number of hydrogen-bond donors (Lipinski definition) is 0. The maximum atomic E-state index is 12.6. The van der Waals surface area contributed by atoms with Crippen molar-refractivity contribution >= 4 is 71.0 Å². The normalized spacial score (nSPS) is 13.2. The van der Waals surface area contributed by atoms with Crippen molar-refractivity contribution in [3.63, 3.8) is 0 Å². The second-order valence-corrected chi connectivity index (χ2v) is 31.6. The van der Waals surface area contributed by atoms with Crippen LogP contribution < -0.4 is 0 Å². The van der Waals surface area contributed by atoms with Crippen molar-refractivity contribution < 1.29 is 76.3 Å². The van der Waals surface area contributed by atoms with Crippen molar-refractivity contribution in [3.05, 3.63) is 282 Å². The molecule has 0 aliphatic rings. The Kier molecular flexibility index (Phi) is 38.9. The van der Waals surface area contributed by atoms with Gasteiger partial charge in [-0.05, 0) is 203 Å². The first kappa shape index (κ1) is 93.7. The summed E-state index contributed by atoms with van der Waals surface area (Å²) in [7, 11) is 0. The minimum Gasteiger partial charge on any atom is -0.462 e. The Balaban J connectivity index is 0.000000270. The number of carbonyl (C=O) groups excluding carboxylic acids is 8. The van der Waals surface area contributed by atoms with Crippen LogP contribution >= 0.6 is 23.2 Å². The molecule has 0 spiro atoms. The molecule has 0 aliphatic heterocycles. The summed E-state index contributed by atoms with van der Waals surface area (Å²) >= 11 is 11.6. The smallest absolute Gasteiger partial charge is 0.338 e. The van der Waals surface area contributed by atoms with Crippen molar-refractivity contribution in [1.29, 1.82) is 0 Å². The monoisotopic (exact) mass is 1580 g/mol. The van der Waals surface area contributed by atoms with Gasteiger partial charge in [-0.15, -0.1) is 0 Å². The Bertz CT molecular complexity index is 4130. The van der Waals surface area contributed by atoms with Crippen molar-refractivity contribution in [2.75, 3.05) is 26.4 Å². The van der Waals surface area contributed by atoms with Crippen LogP contribution in [-0.4, -0.2) is 98.6 Å². The molecule has 8 aromatic rings. The van der Waals surface area contributed by atoms with E-state index >= 15 is 0 Å². The van der Waals surface area contributed by atoms with Crippen LogP contribution in [0, 0.1) is 51.4 Å². The second kappa shape index (κ2) is 46.9. The van der Waals surface area contributed by atoms with Gasteiger partial charge in [0.1, 0.15) is 24.4 Å². The maximum absolute atomic E-state index is 12.6. The number of ether oxygens (including phenoxy) is 8. The highest BCUT2D eigenvalue weighted by molar-refractivity contribution is 6.31. The fraction of sp³-hybridized carbons (Fsp3) is 0.411. The molecule has 113 heavy (non-hydrogen) atoms. The highest BCUT2D eigenvalue weighted by Gasteiger charge is 2.29. The Hall–Kier alpha value is -9.90. The lowest BCUT2D eigenvalue weighted by Crippen LogP contribution is -2.31. The molecule has 8 unspecified atom stereocenters. The molecule has 8 aromatic carbocycles. The molecule has 0 saturated heterocycles. The van der Waals surface area contributed by atoms with Crippen LogP contribution in [-0.2, 0) is 48.7 Å². The molecular weight excluding hydrogens is 1470 g/mol. The molecule has 0 aliphatic carbocycles. The molecular formula is C95H116Cl2O16. The van der Waals surface area contributed by atoms with E-state index < -0.39 is 11.9 Å². The molecule has 0 heterocycles. The molecule has 8 rings (SSSR count). The number of benzene rings is 8. The summed E-state index contributed by atoms with van der Waals surface area (Å²) in [5.41, 5.74) is 10.8. The van der Waals surface area contributed by atoms with E-state index in [0.29, 0.717) is 80.2 Å². The Morgan fingerprint density at radius 1 is 0.292 bits per heavy atom. The predicted octanol–water partition coefficient (Wildman–Crippen LogP) is 22.8. The summed E-state index contributed by atoms with van der Waals surface area (Å²) in [5, 5.41) is 1.10. The number of rotatable bonds is 31. The average Bonchev–Trinajstić information content (AvgIpc) is 0.842. The van der Waals surface area contributed by atoms with Crippen LogP contribution in [0.2, 0.25) is 10.0 Å². The highest BCUT2D eigenvalue weighted by atomic mass is 35.5. The fourth-order valence-corrected chi connectivity index (χ4v) is 11.8. The minimum absolute atomic E-state index is 0.0243. The number of carbonyl (C=O) groups is 8. The highest BCUT2D eigenvalue weighted by Crippen LogP contribution is 2.28. The molecule has 16 nitrogen and oxygen atoms in total. The third kappa shape index (κ3) is 32.3. The average molecular weight is 1580 g/mol. The molecule has 0 bridgehead atoms. The zero-order chi connectivity index (χ0) is 83.5. The number of unbranched alkanes of at least 4 members (excludes halogenated alkanes) is 1. The summed E-state index contributed by atoms with van der Waals surface area (Å²) in [6.45, 7) is 37.1. The van der Waals surface area contributed by atoms with Crippen molar-refractivity contribution in [3.8, 4) is 0 Å². The number of esters is 8. The lowest BCUT2D eigenvalue weighted by atomic mass is 9.87. The molecule has 0 N–H and O–H groups in total. The van der Waals surface area contributed by atoms with E-state index in [2.05, 4.69) is 48.5 Å². The summed E-state index contributed by atoms with van der Waals surface area (Å²) in [4.78, 5) is 98.7. The van der Waals surface area contributed by atoms with Crippen LogP contribution in [0.5, 0.6) is 0 Å². The first-order valence-corrected chi connectivity index (χ1v) is 39.8. The molecule has 0 amide bonds. The summed E-state index contributed by atoms with van der Waals surface area (Å²) in [6, 6.07) is 57.2. The molecule has 18 heteroatoms. The van der Waals surface area contributed by atoms with Gasteiger partial charge in [0.25, 0.3) is 0 Å². The first-order chi connectivity index (χ1) is 53.6. The van der Waals surface area contributed by atoms with Gasteiger partial charge in [-0.2, -0.15) is 0 Å². The van der Waals surface area contributed by atoms with Gasteiger partial charge in [-0.3, -0.25) is 0 Å². The maximum Gasteiger partial charge on any atom is 0.338 e. The van der Waals surface area contributed by atoms with Crippen LogP contribution in [0.15, 0.2) is 194 Å². The summed E-state index contributed by atoms with van der Waals surface area (Å²) in [6.07, 6.45) is 4.15. The lowest BCUT2D eigenvalue weighted by molar-refractivity contribution is -0.00820. The molecule has 0 fully saturated rings. The van der Waals surface area contributed by atoms with E-state index in [1.165, 1.54) is 0 Å². The van der Waals surface area contributed by atoms with E-state index in [4.69, 9.17) is 61.1 Å². The second-order valence-electron chi connectivity index (χ2n) is 30.8. The van der Waals surface area contributed by atoms with Gasteiger partial charge >= 0.3 is 47.8 Å². The molecule has 8 atom stereocenters. The molecule has 0 aromatic heterocycles. The van der Waals surface area contributed by atoms with Gasteiger partial charge in [0, 0.05) is 33.7 Å². The number of aryl methyl sites for hydroxylation is 4. The van der Waals surface area contributed by atoms with Gasteiger partial charge < -0.3 is 37.9 Å². The van der Waals surface area contributed by atoms with Gasteiger partial charge in [-0.25, -0.2) is 38.4 Å².